The predicted octanol–water partition coefficient (Wildman–Crippen LogP) is 5.14. The number of unbranched alkanes of at least 4 members (excludes halogenated alkanes) is 3. The molecule has 152 valence electrons. The van der Waals surface area contributed by atoms with Crippen LogP contribution in [0.25, 0.3) is 10.8 Å². The molecular formula is C21H25F3N2O2. The van der Waals surface area contributed by atoms with Crippen molar-refractivity contribution in [2.24, 2.45) is 0 Å². The van der Waals surface area contributed by atoms with E-state index in [0.717, 1.165) is 30.7 Å². The maximum Gasteiger partial charge on any atom is 0.409 e. The van der Waals surface area contributed by atoms with Crippen LogP contribution in [0, 0.1) is 0 Å². The summed E-state index contributed by atoms with van der Waals surface area (Å²) < 4.78 is 47.6. The molecule has 1 saturated heterocycles. The highest BCUT2D eigenvalue weighted by molar-refractivity contribution is 5.91. The smallest absolute Gasteiger partial charge is 0.409 e. The minimum Gasteiger partial charge on any atom is -0.493 e. The highest BCUT2D eigenvalue weighted by Gasteiger charge is 2.47. The van der Waals surface area contributed by atoms with E-state index in [2.05, 4.69) is 12.3 Å². The maximum absolute atomic E-state index is 13.9. The summed E-state index contributed by atoms with van der Waals surface area (Å²) in [5.74, 6) is 0.188. The summed E-state index contributed by atoms with van der Waals surface area (Å²) in [6.45, 7) is 2.69. The number of ether oxygens (including phenoxy) is 1. The summed E-state index contributed by atoms with van der Waals surface area (Å²) >= 11 is 0. The third kappa shape index (κ3) is 4.58. The molecule has 0 saturated carbocycles. The number of rotatable bonds is 8. The van der Waals surface area contributed by atoms with E-state index in [4.69, 9.17) is 4.74 Å². The summed E-state index contributed by atoms with van der Waals surface area (Å²) in [7, 11) is 0. The molecule has 1 aliphatic rings. The van der Waals surface area contributed by atoms with E-state index in [1.54, 1.807) is 30.3 Å². The quantitative estimate of drug-likeness (QED) is 0.631. The Balaban J connectivity index is 1.92. The van der Waals surface area contributed by atoms with Crippen molar-refractivity contribution in [2.45, 2.75) is 51.2 Å². The molecule has 0 aromatic heterocycles. The molecule has 1 N–H and O–H groups in total. The second-order valence-corrected chi connectivity index (χ2v) is 7.03. The van der Waals surface area contributed by atoms with Crippen molar-refractivity contribution >= 4 is 16.7 Å². The van der Waals surface area contributed by atoms with Crippen molar-refractivity contribution in [3.8, 4) is 5.75 Å². The molecule has 1 heterocycles. The number of amides is 1. The SMILES string of the molecule is CCCCCCOc1ccc(C(N2CCC(=O)N2)C(F)(F)F)c2ccccc12. The van der Waals surface area contributed by atoms with E-state index < -0.39 is 18.1 Å². The van der Waals surface area contributed by atoms with Crippen LogP contribution in [0.4, 0.5) is 13.2 Å². The lowest BCUT2D eigenvalue weighted by Crippen LogP contribution is -2.43. The van der Waals surface area contributed by atoms with Gasteiger partial charge in [0.15, 0.2) is 6.04 Å². The highest BCUT2D eigenvalue weighted by atomic mass is 19.4. The fourth-order valence-electron chi connectivity index (χ4n) is 3.58. The fourth-order valence-corrected chi connectivity index (χ4v) is 3.58. The fraction of sp³-hybridized carbons (Fsp3) is 0.476. The third-order valence-electron chi connectivity index (χ3n) is 4.94. The second kappa shape index (κ2) is 8.82. The molecule has 3 rings (SSSR count). The van der Waals surface area contributed by atoms with Crippen LogP contribution in [0.3, 0.4) is 0 Å². The van der Waals surface area contributed by atoms with Gasteiger partial charge in [0.2, 0.25) is 5.91 Å². The monoisotopic (exact) mass is 394 g/mol. The van der Waals surface area contributed by atoms with Gasteiger partial charge in [0.1, 0.15) is 5.75 Å². The lowest BCUT2D eigenvalue weighted by molar-refractivity contribution is -0.190. The molecule has 1 unspecified atom stereocenters. The summed E-state index contributed by atoms with van der Waals surface area (Å²) in [6, 6.07) is 8.12. The first kappa shape index (κ1) is 20.5. The number of hydrogen-bond acceptors (Lipinski definition) is 3. The van der Waals surface area contributed by atoms with Crippen molar-refractivity contribution in [1.82, 2.24) is 10.4 Å². The van der Waals surface area contributed by atoms with E-state index in [1.807, 2.05) is 0 Å². The summed E-state index contributed by atoms with van der Waals surface area (Å²) in [6.07, 6.45) is -0.222. The van der Waals surface area contributed by atoms with E-state index in [1.165, 1.54) is 6.07 Å². The Hall–Kier alpha value is -2.28. The molecule has 1 aliphatic heterocycles. The zero-order valence-corrected chi connectivity index (χ0v) is 15.9. The van der Waals surface area contributed by atoms with Gasteiger partial charge in [-0.1, -0.05) is 56.5 Å². The van der Waals surface area contributed by atoms with Crippen LogP contribution < -0.4 is 10.2 Å². The van der Waals surface area contributed by atoms with Gasteiger partial charge in [-0.25, -0.2) is 5.01 Å². The van der Waals surface area contributed by atoms with E-state index in [-0.39, 0.29) is 18.5 Å². The number of nitrogens with zero attached hydrogens (tertiary/aromatic N) is 1. The number of halogens is 3. The summed E-state index contributed by atoms with van der Waals surface area (Å²) in [5, 5.41) is 2.11. The van der Waals surface area contributed by atoms with Crippen molar-refractivity contribution in [1.29, 1.82) is 0 Å². The van der Waals surface area contributed by atoms with Gasteiger partial charge in [0.05, 0.1) is 6.61 Å². The Morgan fingerprint density at radius 1 is 1.11 bits per heavy atom. The average molecular weight is 394 g/mol. The number of hydrogen-bond donors (Lipinski definition) is 1. The standard InChI is InChI=1S/C21H25F3N2O2/c1-2-3-4-7-14-28-18-11-10-17(15-8-5-6-9-16(15)18)20(21(22,23)24)26-13-12-19(27)25-26/h5-6,8-11,20H,2-4,7,12-14H2,1H3,(H,25,27). The van der Waals surface area contributed by atoms with Crippen molar-refractivity contribution in [3.05, 3.63) is 42.0 Å². The molecule has 7 heteroatoms. The van der Waals surface area contributed by atoms with E-state index in [0.29, 0.717) is 23.1 Å². The van der Waals surface area contributed by atoms with Crippen LogP contribution in [0.1, 0.15) is 50.6 Å². The van der Waals surface area contributed by atoms with Gasteiger partial charge >= 0.3 is 6.18 Å². The molecule has 1 fully saturated rings. The van der Waals surface area contributed by atoms with Crippen molar-refractivity contribution in [2.75, 3.05) is 13.2 Å². The van der Waals surface area contributed by atoms with Crippen LogP contribution in [0.2, 0.25) is 0 Å². The van der Waals surface area contributed by atoms with Gasteiger partial charge in [0, 0.05) is 18.4 Å². The minimum atomic E-state index is -4.52. The predicted molar refractivity (Wildman–Crippen MR) is 102 cm³/mol. The van der Waals surface area contributed by atoms with Gasteiger partial charge in [-0.15, -0.1) is 0 Å². The molecule has 28 heavy (non-hydrogen) atoms. The lowest BCUT2D eigenvalue weighted by Gasteiger charge is -2.30. The van der Waals surface area contributed by atoms with Crippen LogP contribution >= 0.6 is 0 Å². The van der Waals surface area contributed by atoms with Crippen LogP contribution in [-0.4, -0.2) is 30.2 Å². The number of carbonyl (C=O) groups is 1. The Morgan fingerprint density at radius 3 is 2.50 bits per heavy atom. The number of hydrazine groups is 1. The second-order valence-electron chi connectivity index (χ2n) is 7.03. The lowest BCUT2D eigenvalue weighted by atomic mass is 9.97. The van der Waals surface area contributed by atoms with Crippen molar-refractivity contribution < 1.29 is 22.7 Å². The number of fused-ring (bicyclic) bond motifs is 1. The van der Waals surface area contributed by atoms with Gasteiger partial charge in [-0.3, -0.25) is 10.2 Å². The average Bonchev–Trinajstić information content (AvgIpc) is 3.07. The van der Waals surface area contributed by atoms with Gasteiger partial charge < -0.3 is 4.74 Å². The Morgan fingerprint density at radius 2 is 1.86 bits per heavy atom. The van der Waals surface area contributed by atoms with E-state index in [9.17, 15) is 18.0 Å². The number of alkyl halides is 3. The highest BCUT2D eigenvalue weighted by Crippen LogP contribution is 2.42. The zero-order valence-electron chi connectivity index (χ0n) is 15.9. The molecule has 2 aromatic carbocycles. The Labute approximate surface area is 162 Å². The largest absolute Gasteiger partial charge is 0.493 e. The minimum absolute atomic E-state index is 0.0209. The zero-order chi connectivity index (χ0) is 20.1. The molecule has 0 aliphatic carbocycles. The normalized spacial score (nSPS) is 16.4. The van der Waals surface area contributed by atoms with Crippen LogP contribution in [0.5, 0.6) is 5.75 Å². The number of nitrogens with one attached hydrogen (secondary N) is 1. The first-order valence-electron chi connectivity index (χ1n) is 9.69. The first-order valence-corrected chi connectivity index (χ1v) is 9.69. The van der Waals surface area contributed by atoms with Crippen LogP contribution in [0.15, 0.2) is 36.4 Å². The number of benzene rings is 2. The van der Waals surface area contributed by atoms with Gasteiger partial charge in [-0.05, 0) is 23.4 Å². The molecular weight excluding hydrogens is 369 g/mol. The van der Waals surface area contributed by atoms with Crippen molar-refractivity contribution in [3.63, 3.8) is 0 Å². The molecule has 1 amide bonds. The third-order valence-corrected chi connectivity index (χ3v) is 4.94. The molecule has 4 nitrogen and oxygen atoms in total. The Kier molecular flexibility index (Phi) is 6.44. The molecule has 0 spiro atoms. The Bertz CT molecular complexity index is 823. The number of carbonyl (C=O) groups excluding carboxylic acids is 1. The maximum atomic E-state index is 13.9. The van der Waals surface area contributed by atoms with Crippen LogP contribution in [-0.2, 0) is 4.79 Å². The first-order chi connectivity index (χ1) is 13.4. The van der Waals surface area contributed by atoms with Gasteiger partial charge in [0.25, 0.3) is 0 Å². The molecule has 0 bridgehead atoms. The molecule has 2 aromatic rings. The molecule has 0 radical (unpaired) electrons. The molecule has 1 atom stereocenters. The summed E-state index contributed by atoms with van der Waals surface area (Å²) in [4.78, 5) is 11.5. The topological polar surface area (TPSA) is 41.6 Å². The van der Waals surface area contributed by atoms with E-state index >= 15 is 0 Å². The van der Waals surface area contributed by atoms with Gasteiger partial charge in [-0.2, -0.15) is 13.2 Å². The summed E-state index contributed by atoms with van der Waals surface area (Å²) in [5.41, 5.74) is 2.45.